The van der Waals surface area contributed by atoms with E-state index in [-0.39, 0.29) is 23.9 Å². The lowest BCUT2D eigenvalue weighted by molar-refractivity contribution is 0.102. The predicted molar refractivity (Wildman–Crippen MR) is 82.3 cm³/mol. The van der Waals surface area contributed by atoms with Crippen molar-refractivity contribution >= 4 is 23.6 Å². The fraction of sp³-hybridized carbons (Fsp3) is 0.200. The molecule has 1 aromatic carbocycles. The van der Waals surface area contributed by atoms with Crippen LogP contribution < -0.4 is 10.5 Å². The summed E-state index contributed by atoms with van der Waals surface area (Å²) in [5.74, 6) is 0.257. The second-order valence-corrected chi connectivity index (χ2v) is 4.78. The molecule has 0 aliphatic heterocycles. The Morgan fingerprint density at radius 3 is 2.73 bits per heavy atom. The number of ether oxygens (including phenoxy) is 2. The molecule has 7 heteroatoms. The number of benzene rings is 1. The lowest BCUT2D eigenvalue weighted by Gasteiger charge is -2.12. The maximum Gasteiger partial charge on any atom is 0.515 e. The highest BCUT2D eigenvalue weighted by atomic mass is 35.5. The van der Waals surface area contributed by atoms with Gasteiger partial charge in [-0.3, -0.25) is 4.57 Å². The Kier molecular flexibility index (Phi) is 4.59. The van der Waals surface area contributed by atoms with Crippen LogP contribution in [0.15, 0.2) is 24.3 Å². The number of para-hydroxylation sites is 1. The number of nitrogens with zero attached hydrogens (tertiary/aromatic N) is 2. The van der Waals surface area contributed by atoms with E-state index in [0.717, 1.165) is 0 Å². The van der Waals surface area contributed by atoms with Gasteiger partial charge in [0.25, 0.3) is 0 Å². The molecule has 0 aliphatic carbocycles. The van der Waals surface area contributed by atoms with E-state index in [1.54, 1.807) is 38.1 Å². The van der Waals surface area contributed by atoms with Crippen LogP contribution in [0.5, 0.6) is 5.88 Å². The van der Waals surface area contributed by atoms with Gasteiger partial charge in [-0.15, -0.1) is 0 Å². The fourth-order valence-electron chi connectivity index (χ4n) is 2.05. The van der Waals surface area contributed by atoms with Crippen LogP contribution >= 0.6 is 11.6 Å². The van der Waals surface area contributed by atoms with Crippen LogP contribution in [0.2, 0.25) is 5.02 Å². The average molecular weight is 320 g/mol. The highest BCUT2D eigenvalue weighted by Crippen LogP contribution is 2.36. The number of halogens is 1. The van der Waals surface area contributed by atoms with Crippen molar-refractivity contribution < 1.29 is 14.3 Å². The molecule has 0 saturated carbocycles. The summed E-state index contributed by atoms with van der Waals surface area (Å²) in [6.07, 6.45) is -0.874. The van der Waals surface area contributed by atoms with Gasteiger partial charge in [-0.1, -0.05) is 23.7 Å². The topological polar surface area (TPSA) is 90.3 Å². The minimum absolute atomic E-state index is 0.112. The van der Waals surface area contributed by atoms with Crippen molar-refractivity contribution in [1.29, 1.82) is 5.26 Å². The summed E-state index contributed by atoms with van der Waals surface area (Å²) in [6, 6.07) is 8.90. The zero-order valence-electron chi connectivity index (χ0n) is 12.1. The molecule has 114 valence electrons. The van der Waals surface area contributed by atoms with Gasteiger partial charge in [0.05, 0.1) is 17.3 Å². The number of nitriles is 1. The molecule has 0 radical (unpaired) electrons. The molecule has 1 heterocycles. The first-order valence-corrected chi connectivity index (χ1v) is 6.89. The Labute approximate surface area is 132 Å². The molecule has 0 spiro atoms. The first-order valence-electron chi connectivity index (χ1n) is 6.51. The molecule has 2 rings (SSSR count). The Balaban J connectivity index is 2.65. The molecule has 0 unspecified atom stereocenters. The van der Waals surface area contributed by atoms with Gasteiger partial charge in [0.2, 0.25) is 5.88 Å². The number of anilines is 1. The second kappa shape index (κ2) is 6.41. The molecule has 2 N–H and O–H groups in total. The molecule has 0 bridgehead atoms. The van der Waals surface area contributed by atoms with E-state index in [9.17, 15) is 10.1 Å². The van der Waals surface area contributed by atoms with E-state index >= 15 is 0 Å². The molecule has 0 aliphatic rings. The van der Waals surface area contributed by atoms with Gasteiger partial charge < -0.3 is 15.2 Å². The van der Waals surface area contributed by atoms with Crippen molar-refractivity contribution in [3.05, 3.63) is 40.4 Å². The van der Waals surface area contributed by atoms with Crippen LogP contribution in [0.25, 0.3) is 5.69 Å². The van der Waals surface area contributed by atoms with E-state index in [4.69, 9.17) is 26.8 Å². The summed E-state index contributed by atoms with van der Waals surface area (Å²) in [4.78, 5) is 11.6. The quantitative estimate of drug-likeness (QED) is 0.875. The number of carbonyl (C=O) groups excluding carboxylic acids is 1. The van der Waals surface area contributed by atoms with Crippen LogP contribution in [0.3, 0.4) is 0 Å². The van der Waals surface area contributed by atoms with Crippen molar-refractivity contribution in [3.8, 4) is 17.6 Å². The van der Waals surface area contributed by atoms with Gasteiger partial charge in [0, 0.05) is 5.56 Å². The van der Waals surface area contributed by atoms with Crippen LogP contribution in [0, 0.1) is 18.3 Å². The number of rotatable bonds is 3. The Hall–Kier alpha value is -2.65. The van der Waals surface area contributed by atoms with E-state index in [1.165, 1.54) is 4.57 Å². The molecule has 0 fully saturated rings. The number of hydrogen-bond donors (Lipinski definition) is 1. The lowest BCUT2D eigenvalue weighted by atomic mass is 10.2. The fourth-order valence-corrected chi connectivity index (χ4v) is 2.27. The minimum Gasteiger partial charge on any atom is -0.434 e. The summed E-state index contributed by atoms with van der Waals surface area (Å²) < 4.78 is 11.4. The van der Waals surface area contributed by atoms with E-state index in [0.29, 0.717) is 16.3 Å². The lowest BCUT2D eigenvalue weighted by Crippen LogP contribution is -2.14. The van der Waals surface area contributed by atoms with Crippen molar-refractivity contribution in [3.63, 3.8) is 0 Å². The maximum absolute atomic E-state index is 11.6. The number of aromatic nitrogens is 1. The Bertz CT molecular complexity index is 762. The molecule has 0 atom stereocenters. The Morgan fingerprint density at radius 1 is 1.45 bits per heavy atom. The first-order chi connectivity index (χ1) is 10.5. The normalized spacial score (nSPS) is 10.1. The minimum atomic E-state index is -0.874. The van der Waals surface area contributed by atoms with Gasteiger partial charge in [0.15, 0.2) is 0 Å². The summed E-state index contributed by atoms with van der Waals surface area (Å²) in [5, 5.41) is 9.65. The maximum atomic E-state index is 11.6. The van der Waals surface area contributed by atoms with Crippen molar-refractivity contribution in [1.82, 2.24) is 4.57 Å². The van der Waals surface area contributed by atoms with Gasteiger partial charge in [-0.2, -0.15) is 5.26 Å². The third kappa shape index (κ3) is 2.71. The molecule has 1 aromatic heterocycles. The van der Waals surface area contributed by atoms with Gasteiger partial charge in [0.1, 0.15) is 17.5 Å². The van der Waals surface area contributed by atoms with Crippen molar-refractivity contribution in [2.45, 2.75) is 13.8 Å². The van der Waals surface area contributed by atoms with Gasteiger partial charge >= 0.3 is 6.16 Å². The SMILES string of the molecule is CCOC(=O)Oc1c(C)c(C#N)c(N)n1-c1ccccc1Cl. The molecule has 0 amide bonds. The second-order valence-electron chi connectivity index (χ2n) is 4.37. The van der Waals surface area contributed by atoms with E-state index in [1.807, 2.05) is 6.07 Å². The average Bonchev–Trinajstić information content (AvgIpc) is 2.71. The standard InChI is InChI=1S/C15H14ClN3O3/c1-3-21-15(20)22-14-9(2)10(8-17)13(18)19(14)12-7-5-4-6-11(12)16/h4-7H,3,18H2,1-2H3. The summed E-state index contributed by atoms with van der Waals surface area (Å²) in [6.45, 7) is 3.47. The molecule has 6 nitrogen and oxygen atoms in total. The highest BCUT2D eigenvalue weighted by Gasteiger charge is 2.24. The number of nitrogen functional groups attached to an aromatic ring is 1. The Morgan fingerprint density at radius 2 is 2.14 bits per heavy atom. The van der Waals surface area contributed by atoms with Crippen LogP contribution in [-0.4, -0.2) is 17.3 Å². The van der Waals surface area contributed by atoms with Crippen molar-refractivity contribution in [2.24, 2.45) is 0 Å². The van der Waals surface area contributed by atoms with E-state index < -0.39 is 6.16 Å². The summed E-state index contributed by atoms with van der Waals surface area (Å²) >= 11 is 6.17. The predicted octanol–water partition coefficient (Wildman–Crippen LogP) is 3.43. The smallest absolute Gasteiger partial charge is 0.434 e. The van der Waals surface area contributed by atoms with Crippen LogP contribution in [0.4, 0.5) is 10.6 Å². The van der Waals surface area contributed by atoms with Crippen LogP contribution in [0.1, 0.15) is 18.1 Å². The third-order valence-electron chi connectivity index (χ3n) is 3.04. The third-order valence-corrected chi connectivity index (χ3v) is 3.36. The largest absolute Gasteiger partial charge is 0.515 e. The number of hydrogen-bond acceptors (Lipinski definition) is 5. The number of nitrogens with two attached hydrogens (primary N) is 1. The molecule has 2 aromatic rings. The monoisotopic (exact) mass is 319 g/mol. The van der Waals surface area contributed by atoms with Crippen LogP contribution in [-0.2, 0) is 4.74 Å². The highest BCUT2D eigenvalue weighted by molar-refractivity contribution is 6.32. The molecule has 22 heavy (non-hydrogen) atoms. The van der Waals surface area contributed by atoms with Crippen molar-refractivity contribution in [2.75, 3.05) is 12.3 Å². The zero-order valence-corrected chi connectivity index (χ0v) is 12.8. The summed E-state index contributed by atoms with van der Waals surface area (Å²) in [7, 11) is 0. The molecule has 0 saturated heterocycles. The first kappa shape index (κ1) is 15.7. The van der Waals surface area contributed by atoms with E-state index in [2.05, 4.69) is 0 Å². The summed E-state index contributed by atoms with van der Waals surface area (Å²) in [5.41, 5.74) is 7.18. The van der Waals surface area contributed by atoms with Gasteiger partial charge in [-0.25, -0.2) is 4.79 Å². The zero-order chi connectivity index (χ0) is 16.3. The molecular weight excluding hydrogens is 306 g/mol. The molecular formula is C15H14ClN3O3. The van der Waals surface area contributed by atoms with Gasteiger partial charge in [-0.05, 0) is 26.0 Å². The number of carbonyl (C=O) groups is 1.